The van der Waals surface area contributed by atoms with Crippen LogP contribution in [0.2, 0.25) is 0 Å². The Morgan fingerprint density at radius 3 is 2.74 bits per heavy atom. The number of nitrogens with zero attached hydrogens (tertiary/aromatic N) is 1. The van der Waals surface area contributed by atoms with Crippen molar-refractivity contribution in [3.8, 4) is 11.3 Å². The minimum Gasteiger partial charge on any atom is -0.365 e. The molecule has 5 nitrogen and oxygen atoms in total. The standard InChI is InChI=1S/C29H29N3O2S/c1-3-7-18-12-13-21-25(15-18)35-29(26(21)27(30)33)32-28(34)22-16-24(19-9-6-8-17(2)14-19)31-23-11-5-4-10-20(22)23/h4-6,8-11,14,16,18H,3,7,12-13,15H2,1-2H3,(H2,30,33)(H,32,34)/t18-/m0/s1. The fraction of sp³-hybridized carbons (Fsp3) is 0.276. The van der Waals surface area contributed by atoms with Crippen molar-refractivity contribution in [2.24, 2.45) is 11.7 Å². The van der Waals surface area contributed by atoms with Crippen LogP contribution in [0, 0.1) is 12.8 Å². The number of amides is 2. The van der Waals surface area contributed by atoms with Gasteiger partial charge in [-0.2, -0.15) is 0 Å². The van der Waals surface area contributed by atoms with Crippen molar-refractivity contribution in [2.45, 2.75) is 46.0 Å². The number of thiophene rings is 1. The van der Waals surface area contributed by atoms with E-state index in [0.717, 1.165) is 59.0 Å². The van der Waals surface area contributed by atoms with Crippen LogP contribution in [-0.4, -0.2) is 16.8 Å². The zero-order valence-corrected chi connectivity index (χ0v) is 20.9. The Morgan fingerprint density at radius 2 is 1.97 bits per heavy atom. The lowest BCUT2D eigenvalue weighted by atomic mass is 9.84. The van der Waals surface area contributed by atoms with E-state index in [1.807, 2.05) is 55.5 Å². The van der Waals surface area contributed by atoms with Gasteiger partial charge in [-0.15, -0.1) is 11.3 Å². The molecule has 0 aliphatic heterocycles. The first kappa shape index (κ1) is 23.2. The molecule has 0 saturated carbocycles. The molecule has 3 N–H and O–H groups in total. The van der Waals surface area contributed by atoms with Crippen molar-refractivity contribution in [3.05, 3.63) is 81.7 Å². The number of carbonyl (C=O) groups excluding carboxylic acids is 2. The summed E-state index contributed by atoms with van der Waals surface area (Å²) in [7, 11) is 0. The van der Waals surface area contributed by atoms with Gasteiger partial charge in [-0.3, -0.25) is 9.59 Å². The van der Waals surface area contributed by atoms with Crippen molar-refractivity contribution in [1.29, 1.82) is 0 Å². The van der Waals surface area contributed by atoms with Gasteiger partial charge in [0, 0.05) is 15.8 Å². The third kappa shape index (κ3) is 4.58. The van der Waals surface area contributed by atoms with Crippen LogP contribution in [0.5, 0.6) is 0 Å². The largest absolute Gasteiger partial charge is 0.365 e. The number of nitrogens with one attached hydrogen (secondary N) is 1. The third-order valence-electron chi connectivity index (χ3n) is 6.81. The highest BCUT2D eigenvalue weighted by Gasteiger charge is 2.29. The number of hydrogen-bond acceptors (Lipinski definition) is 4. The van der Waals surface area contributed by atoms with Crippen LogP contribution in [-0.2, 0) is 12.8 Å². The van der Waals surface area contributed by atoms with E-state index in [1.165, 1.54) is 22.6 Å². The minimum atomic E-state index is -0.480. The van der Waals surface area contributed by atoms with Crippen LogP contribution in [0.25, 0.3) is 22.2 Å². The number of rotatable bonds is 6. The molecule has 0 fully saturated rings. The Kier molecular flexibility index (Phi) is 6.39. The van der Waals surface area contributed by atoms with Gasteiger partial charge in [-0.25, -0.2) is 4.98 Å². The van der Waals surface area contributed by atoms with E-state index in [0.29, 0.717) is 22.0 Å². The van der Waals surface area contributed by atoms with Crippen LogP contribution in [0.3, 0.4) is 0 Å². The number of para-hydroxylation sites is 1. The van der Waals surface area contributed by atoms with Crippen LogP contribution < -0.4 is 11.1 Å². The Labute approximate surface area is 209 Å². The second kappa shape index (κ2) is 9.62. The molecule has 1 atom stereocenters. The predicted molar refractivity (Wildman–Crippen MR) is 143 cm³/mol. The van der Waals surface area contributed by atoms with Gasteiger partial charge in [0.25, 0.3) is 11.8 Å². The Hall–Kier alpha value is -3.51. The number of primary amides is 1. The highest BCUT2D eigenvalue weighted by Crippen LogP contribution is 2.41. The van der Waals surface area contributed by atoms with Gasteiger partial charge in [0.2, 0.25) is 0 Å². The number of hydrogen-bond donors (Lipinski definition) is 2. The van der Waals surface area contributed by atoms with E-state index >= 15 is 0 Å². The molecule has 6 heteroatoms. The molecule has 0 unspecified atom stereocenters. The maximum absolute atomic E-state index is 13.6. The Balaban J connectivity index is 1.55. The number of nitrogens with two attached hydrogens (primary N) is 1. The SMILES string of the molecule is CCC[C@H]1CCc2c(sc(NC(=O)c3cc(-c4cccc(C)c4)nc4ccccc34)c2C(N)=O)C1. The lowest BCUT2D eigenvalue weighted by molar-refractivity contribution is 0.1000. The van der Waals surface area contributed by atoms with Crippen molar-refractivity contribution in [3.63, 3.8) is 0 Å². The number of pyridine rings is 1. The Morgan fingerprint density at radius 1 is 1.14 bits per heavy atom. The maximum atomic E-state index is 13.6. The first-order chi connectivity index (χ1) is 16.9. The molecule has 0 bridgehead atoms. The van der Waals surface area contributed by atoms with E-state index in [1.54, 1.807) is 0 Å². The lowest BCUT2D eigenvalue weighted by Crippen LogP contribution is -2.20. The molecule has 35 heavy (non-hydrogen) atoms. The molecular weight excluding hydrogens is 454 g/mol. The van der Waals surface area contributed by atoms with Crippen LogP contribution in [0.1, 0.15) is 62.9 Å². The Bertz CT molecular complexity index is 1440. The predicted octanol–water partition coefficient (Wildman–Crippen LogP) is 6.53. The summed E-state index contributed by atoms with van der Waals surface area (Å²) in [6.45, 7) is 4.24. The maximum Gasteiger partial charge on any atom is 0.257 e. The first-order valence-electron chi connectivity index (χ1n) is 12.2. The molecule has 1 aliphatic carbocycles. The van der Waals surface area contributed by atoms with Crippen molar-refractivity contribution >= 4 is 39.1 Å². The number of aryl methyl sites for hydroxylation is 1. The van der Waals surface area contributed by atoms with E-state index in [-0.39, 0.29) is 5.91 Å². The fourth-order valence-corrected chi connectivity index (χ4v) is 6.51. The number of fused-ring (bicyclic) bond motifs is 2. The molecule has 4 aromatic rings. The van der Waals surface area contributed by atoms with Gasteiger partial charge in [0.15, 0.2) is 0 Å². The molecule has 2 aromatic heterocycles. The highest BCUT2D eigenvalue weighted by molar-refractivity contribution is 7.17. The molecule has 2 aromatic carbocycles. The number of aromatic nitrogens is 1. The molecule has 0 saturated heterocycles. The average Bonchev–Trinajstić information content (AvgIpc) is 3.20. The molecule has 2 heterocycles. The van der Waals surface area contributed by atoms with Crippen molar-refractivity contribution in [1.82, 2.24) is 4.98 Å². The summed E-state index contributed by atoms with van der Waals surface area (Å²) in [5.41, 5.74) is 11.4. The quantitative estimate of drug-likeness (QED) is 0.327. The zero-order valence-electron chi connectivity index (χ0n) is 20.1. The second-order valence-corrected chi connectivity index (χ2v) is 10.5. The topological polar surface area (TPSA) is 85.1 Å². The van der Waals surface area contributed by atoms with Gasteiger partial charge in [0.05, 0.1) is 22.3 Å². The first-order valence-corrected chi connectivity index (χ1v) is 13.0. The fourth-order valence-electron chi connectivity index (χ4n) is 5.14. The average molecular weight is 484 g/mol. The van der Waals surface area contributed by atoms with Gasteiger partial charge in [0.1, 0.15) is 5.00 Å². The van der Waals surface area contributed by atoms with Crippen LogP contribution >= 0.6 is 11.3 Å². The highest BCUT2D eigenvalue weighted by atomic mass is 32.1. The molecular formula is C29H29N3O2S. The molecule has 0 spiro atoms. The third-order valence-corrected chi connectivity index (χ3v) is 7.98. The van der Waals surface area contributed by atoms with Gasteiger partial charge >= 0.3 is 0 Å². The summed E-state index contributed by atoms with van der Waals surface area (Å²) >= 11 is 1.50. The molecule has 178 valence electrons. The van der Waals surface area contributed by atoms with E-state index < -0.39 is 5.91 Å². The summed E-state index contributed by atoms with van der Waals surface area (Å²) in [4.78, 5) is 32.1. The summed E-state index contributed by atoms with van der Waals surface area (Å²) < 4.78 is 0. The minimum absolute atomic E-state index is 0.260. The van der Waals surface area contributed by atoms with Gasteiger partial charge in [-0.1, -0.05) is 61.7 Å². The van der Waals surface area contributed by atoms with E-state index in [4.69, 9.17) is 10.7 Å². The molecule has 5 rings (SSSR count). The summed E-state index contributed by atoms with van der Waals surface area (Å²) in [6.07, 6.45) is 5.16. The smallest absolute Gasteiger partial charge is 0.257 e. The summed E-state index contributed by atoms with van der Waals surface area (Å²) in [6, 6.07) is 17.6. The van der Waals surface area contributed by atoms with Crippen LogP contribution in [0.4, 0.5) is 5.00 Å². The lowest BCUT2D eigenvalue weighted by Gasteiger charge is -2.21. The summed E-state index contributed by atoms with van der Waals surface area (Å²) in [5.74, 6) is -0.119. The van der Waals surface area contributed by atoms with Crippen LogP contribution in [0.15, 0.2) is 54.6 Å². The summed E-state index contributed by atoms with van der Waals surface area (Å²) in [5, 5.41) is 4.37. The molecule has 2 amide bonds. The normalized spacial score (nSPS) is 15.1. The van der Waals surface area contributed by atoms with Gasteiger partial charge in [-0.05, 0) is 55.9 Å². The van der Waals surface area contributed by atoms with Gasteiger partial charge < -0.3 is 11.1 Å². The van der Waals surface area contributed by atoms with Crippen molar-refractivity contribution < 1.29 is 9.59 Å². The van der Waals surface area contributed by atoms with E-state index in [9.17, 15) is 9.59 Å². The number of benzene rings is 2. The molecule has 0 radical (unpaired) electrons. The van der Waals surface area contributed by atoms with E-state index in [2.05, 4.69) is 18.3 Å². The monoisotopic (exact) mass is 483 g/mol. The number of anilines is 1. The molecule has 1 aliphatic rings. The zero-order chi connectivity index (χ0) is 24.5. The number of carbonyl (C=O) groups is 2. The van der Waals surface area contributed by atoms with Crippen molar-refractivity contribution in [2.75, 3.05) is 5.32 Å². The second-order valence-electron chi connectivity index (χ2n) is 9.37.